The highest BCUT2D eigenvalue weighted by molar-refractivity contribution is 6.62. The summed E-state index contributed by atoms with van der Waals surface area (Å²) in [7, 11) is 1.10. The number of methoxy groups -OCH3 is 1. The van der Waals surface area contributed by atoms with Crippen LogP contribution in [0.5, 0.6) is 0 Å². The number of aromatic nitrogens is 2. The Labute approximate surface area is 209 Å². The molecule has 0 spiro atoms. The van der Waals surface area contributed by atoms with Crippen molar-refractivity contribution in [1.82, 2.24) is 14.7 Å². The number of carbonyl (C=O) groups excluding carboxylic acids is 1. The normalized spacial score (nSPS) is 24.4. The summed E-state index contributed by atoms with van der Waals surface area (Å²) in [4.78, 5) is 14.5. The average Bonchev–Trinajstić information content (AvgIpc) is 3.36. The van der Waals surface area contributed by atoms with Crippen molar-refractivity contribution in [3.05, 3.63) is 35.5 Å². The Hall–Kier alpha value is -2.16. The van der Waals surface area contributed by atoms with E-state index in [4.69, 9.17) is 19.1 Å². The van der Waals surface area contributed by atoms with Gasteiger partial charge in [-0.15, -0.1) is 0 Å². The van der Waals surface area contributed by atoms with Crippen LogP contribution in [0.1, 0.15) is 70.7 Å². The predicted octanol–water partition coefficient (Wildman–Crippen LogP) is 3.88. The number of piperidine rings is 1. The molecule has 1 aromatic carbocycles. The van der Waals surface area contributed by atoms with Crippen LogP contribution in [0, 0.1) is 12.8 Å². The molecule has 0 saturated carbocycles. The van der Waals surface area contributed by atoms with E-state index in [2.05, 4.69) is 68.5 Å². The van der Waals surface area contributed by atoms with E-state index >= 15 is 0 Å². The second-order valence-electron chi connectivity index (χ2n) is 11.3. The third-order valence-corrected chi connectivity index (χ3v) is 8.66. The maximum Gasteiger partial charge on any atom is 0.495 e. The first-order chi connectivity index (χ1) is 16.6. The molecule has 5 rings (SSSR count). The molecule has 0 aliphatic carbocycles. The number of benzene rings is 1. The van der Waals surface area contributed by atoms with Crippen LogP contribution in [0.15, 0.2) is 24.3 Å². The second kappa shape index (κ2) is 9.05. The molecule has 2 saturated heterocycles. The summed E-state index contributed by atoms with van der Waals surface area (Å²) in [6.07, 6.45) is 3.96. The van der Waals surface area contributed by atoms with Crippen LogP contribution in [0.3, 0.4) is 0 Å². The summed E-state index contributed by atoms with van der Waals surface area (Å²) >= 11 is 0. The number of esters is 1. The third kappa shape index (κ3) is 4.34. The Kier molecular flexibility index (Phi) is 6.35. The number of fused-ring (bicyclic) bond motifs is 1. The van der Waals surface area contributed by atoms with Gasteiger partial charge in [0.05, 0.1) is 41.7 Å². The first kappa shape index (κ1) is 24.5. The largest absolute Gasteiger partial charge is 0.495 e. The lowest BCUT2D eigenvalue weighted by Gasteiger charge is -2.38. The maximum absolute atomic E-state index is 12.0. The van der Waals surface area contributed by atoms with Crippen molar-refractivity contribution in [3.63, 3.8) is 0 Å². The molecule has 2 fully saturated rings. The molecule has 3 aliphatic rings. The number of nitrogens with zero attached hydrogens (tertiary/aromatic N) is 3. The highest BCUT2D eigenvalue weighted by atomic mass is 16.7. The van der Waals surface area contributed by atoms with Crippen LogP contribution >= 0.6 is 0 Å². The summed E-state index contributed by atoms with van der Waals surface area (Å²) < 4.78 is 19.9. The van der Waals surface area contributed by atoms with Gasteiger partial charge in [-0.05, 0) is 90.5 Å². The van der Waals surface area contributed by atoms with E-state index in [0.717, 1.165) is 67.6 Å². The first-order valence-electron chi connectivity index (χ1n) is 13.0. The van der Waals surface area contributed by atoms with Gasteiger partial charge in [0.2, 0.25) is 0 Å². The van der Waals surface area contributed by atoms with E-state index < -0.39 is 0 Å². The van der Waals surface area contributed by atoms with Crippen LogP contribution in [0.25, 0.3) is 11.3 Å². The number of ether oxygens (including phenoxy) is 1. The molecule has 2 aromatic rings. The zero-order valence-corrected chi connectivity index (χ0v) is 22.0. The highest BCUT2D eigenvalue weighted by Gasteiger charge is 2.52. The standard InChI is InChI=1S/C27H38BN3O4/c1-18-20(9-7-10-21(18)28-34-26(2,3)27(4,5)35-28)22-17-24-23(11-8-14-31(24)29-22)30-15-12-19(13-16-30)25(32)33-6/h7,9-10,17,19,23H,8,11-16H2,1-6H3. The summed E-state index contributed by atoms with van der Waals surface area (Å²) in [5.74, 6) is -0.0429. The lowest BCUT2D eigenvalue weighted by molar-refractivity contribution is -0.147. The zero-order chi connectivity index (χ0) is 25.0. The van der Waals surface area contributed by atoms with Gasteiger partial charge in [0.15, 0.2) is 0 Å². The Morgan fingerprint density at radius 1 is 1.09 bits per heavy atom. The van der Waals surface area contributed by atoms with Crippen molar-refractivity contribution in [3.8, 4) is 11.3 Å². The van der Waals surface area contributed by atoms with Crippen molar-refractivity contribution in [2.24, 2.45) is 5.92 Å². The van der Waals surface area contributed by atoms with Crippen LogP contribution in [0.2, 0.25) is 0 Å². The molecule has 0 N–H and O–H groups in total. The van der Waals surface area contributed by atoms with Crippen molar-refractivity contribution in [2.45, 2.75) is 84.1 Å². The lowest BCUT2D eigenvalue weighted by atomic mass is 9.75. The number of hydrogen-bond donors (Lipinski definition) is 0. The Balaban J connectivity index is 1.39. The maximum atomic E-state index is 12.0. The van der Waals surface area contributed by atoms with E-state index in [1.165, 1.54) is 12.8 Å². The monoisotopic (exact) mass is 479 g/mol. The fraction of sp³-hybridized carbons (Fsp3) is 0.630. The molecule has 35 heavy (non-hydrogen) atoms. The number of carbonyl (C=O) groups is 1. The van der Waals surface area contributed by atoms with Gasteiger partial charge in [0, 0.05) is 12.1 Å². The fourth-order valence-electron chi connectivity index (χ4n) is 5.73. The van der Waals surface area contributed by atoms with Crippen LogP contribution in [0.4, 0.5) is 0 Å². The summed E-state index contributed by atoms with van der Waals surface area (Å²) in [6.45, 7) is 13.3. The van der Waals surface area contributed by atoms with Crippen LogP contribution in [-0.4, -0.2) is 59.2 Å². The molecule has 1 unspecified atom stereocenters. The van der Waals surface area contributed by atoms with Gasteiger partial charge in [0.25, 0.3) is 0 Å². The Morgan fingerprint density at radius 3 is 2.43 bits per heavy atom. The van der Waals surface area contributed by atoms with Gasteiger partial charge in [-0.1, -0.05) is 18.2 Å². The fourth-order valence-corrected chi connectivity index (χ4v) is 5.73. The van der Waals surface area contributed by atoms with Gasteiger partial charge in [0.1, 0.15) is 0 Å². The van der Waals surface area contributed by atoms with E-state index in [0.29, 0.717) is 6.04 Å². The lowest BCUT2D eigenvalue weighted by Crippen LogP contribution is -2.41. The van der Waals surface area contributed by atoms with Crippen LogP contribution < -0.4 is 5.46 Å². The van der Waals surface area contributed by atoms with E-state index in [-0.39, 0.29) is 30.2 Å². The topological polar surface area (TPSA) is 65.8 Å². The highest BCUT2D eigenvalue weighted by Crippen LogP contribution is 2.38. The van der Waals surface area contributed by atoms with E-state index in [9.17, 15) is 4.79 Å². The van der Waals surface area contributed by atoms with Gasteiger partial charge < -0.3 is 14.0 Å². The summed E-state index contributed by atoms with van der Waals surface area (Å²) in [5, 5.41) is 5.04. The number of rotatable bonds is 4. The third-order valence-electron chi connectivity index (χ3n) is 8.66. The average molecular weight is 479 g/mol. The van der Waals surface area contributed by atoms with Crippen LogP contribution in [-0.2, 0) is 25.4 Å². The molecule has 0 radical (unpaired) electrons. The molecule has 0 bridgehead atoms. The minimum atomic E-state index is -0.388. The Bertz CT molecular complexity index is 1090. The molecule has 3 aliphatic heterocycles. The quantitative estimate of drug-likeness (QED) is 0.490. The van der Waals surface area contributed by atoms with E-state index in [1.54, 1.807) is 0 Å². The second-order valence-corrected chi connectivity index (χ2v) is 11.3. The molecular weight excluding hydrogens is 441 g/mol. The summed E-state index contributed by atoms with van der Waals surface area (Å²) in [5.41, 5.74) is 4.88. The summed E-state index contributed by atoms with van der Waals surface area (Å²) in [6, 6.07) is 8.94. The predicted molar refractivity (Wildman–Crippen MR) is 136 cm³/mol. The number of likely N-dealkylation sites (tertiary alicyclic amines) is 1. The molecule has 0 amide bonds. The minimum Gasteiger partial charge on any atom is -0.469 e. The molecule has 188 valence electrons. The van der Waals surface area contributed by atoms with Gasteiger partial charge in [-0.25, -0.2) is 0 Å². The smallest absolute Gasteiger partial charge is 0.469 e. The van der Waals surface area contributed by atoms with Crippen molar-refractivity contribution < 1.29 is 18.8 Å². The van der Waals surface area contributed by atoms with Crippen molar-refractivity contribution in [2.75, 3.05) is 20.2 Å². The van der Waals surface area contributed by atoms with Gasteiger partial charge in [-0.2, -0.15) is 5.10 Å². The first-order valence-corrected chi connectivity index (χ1v) is 13.0. The number of aryl methyl sites for hydroxylation is 1. The van der Waals surface area contributed by atoms with Crippen molar-refractivity contribution >= 4 is 18.6 Å². The molecule has 8 heteroatoms. The minimum absolute atomic E-state index is 0.0284. The molecule has 1 atom stereocenters. The number of hydrogen-bond acceptors (Lipinski definition) is 6. The van der Waals surface area contributed by atoms with E-state index in [1.807, 2.05) is 0 Å². The molecular formula is C27H38BN3O4. The zero-order valence-electron chi connectivity index (χ0n) is 22.0. The Morgan fingerprint density at radius 2 is 1.77 bits per heavy atom. The molecule has 7 nitrogen and oxygen atoms in total. The van der Waals surface area contributed by atoms with Crippen molar-refractivity contribution in [1.29, 1.82) is 0 Å². The van der Waals surface area contributed by atoms with Gasteiger partial charge in [-0.3, -0.25) is 14.4 Å². The SMILES string of the molecule is COC(=O)C1CCN(C2CCCn3nc(-c4cccc(B5OC(C)(C)C(C)(C)O5)c4C)cc32)CC1. The molecule has 1 aromatic heterocycles. The molecule has 4 heterocycles. The van der Waals surface area contributed by atoms with Gasteiger partial charge >= 0.3 is 13.1 Å².